The van der Waals surface area contributed by atoms with E-state index in [-0.39, 0.29) is 12.1 Å². The minimum Gasteiger partial charge on any atom is -0.508 e. The zero-order valence-corrected chi connectivity index (χ0v) is 13.8. The number of carboxylic acid groups (broad SMARTS) is 1. The second-order valence-corrected chi connectivity index (χ2v) is 6.10. The predicted molar refractivity (Wildman–Crippen MR) is 92.7 cm³/mol. The number of aliphatic carboxylic acids is 1. The van der Waals surface area contributed by atoms with E-state index in [1.807, 2.05) is 12.1 Å². The first-order valence-corrected chi connectivity index (χ1v) is 8.20. The lowest BCUT2D eigenvalue weighted by Crippen LogP contribution is -2.49. The maximum absolute atomic E-state index is 11.4. The van der Waals surface area contributed by atoms with E-state index in [0.717, 1.165) is 12.0 Å². The zero-order chi connectivity index (χ0) is 18.0. The van der Waals surface area contributed by atoms with E-state index in [4.69, 9.17) is 15.8 Å². The largest absolute Gasteiger partial charge is 0.508 e. The van der Waals surface area contributed by atoms with Crippen LogP contribution in [0.25, 0.3) is 0 Å². The monoisotopic (exact) mass is 338 g/mol. The molecule has 0 bridgehead atoms. The molecule has 1 aromatic carbocycles. The number of hydrogen-bond donors (Lipinski definition) is 6. The van der Waals surface area contributed by atoms with Gasteiger partial charge in [-0.1, -0.05) is 25.0 Å². The smallest absolute Gasteiger partial charge is 0.451 e. The van der Waals surface area contributed by atoms with Crippen LogP contribution in [0.4, 0.5) is 0 Å². The molecule has 7 N–H and O–H groups in total. The lowest BCUT2D eigenvalue weighted by Gasteiger charge is -2.25. The summed E-state index contributed by atoms with van der Waals surface area (Å²) in [5.41, 5.74) is 5.76. The van der Waals surface area contributed by atoms with Crippen molar-refractivity contribution in [3.8, 4) is 5.75 Å². The molecule has 0 heterocycles. The molecule has 0 amide bonds. The maximum Gasteiger partial charge on any atom is 0.451 e. The van der Waals surface area contributed by atoms with Gasteiger partial charge in [-0.25, -0.2) is 0 Å². The first-order valence-electron chi connectivity index (χ1n) is 8.20. The Morgan fingerprint density at radius 2 is 1.79 bits per heavy atom. The van der Waals surface area contributed by atoms with Crippen LogP contribution in [0, 0.1) is 0 Å². The van der Waals surface area contributed by atoms with E-state index < -0.39 is 18.6 Å². The molecule has 134 valence electrons. The van der Waals surface area contributed by atoms with Gasteiger partial charge in [0.1, 0.15) is 11.3 Å². The molecule has 1 atom stereocenters. The second-order valence-electron chi connectivity index (χ2n) is 6.10. The molecule has 0 saturated heterocycles. The topological polar surface area (TPSA) is 136 Å². The van der Waals surface area contributed by atoms with Gasteiger partial charge >= 0.3 is 13.1 Å². The van der Waals surface area contributed by atoms with E-state index in [1.165, 1.54) is 0 Å². The van der Waals surface area contributed by atoms with Crippen molar-refractivity contribution < 1.29 is 25.1 Å². The molecule has 1 rings (SSSR count). The highest BCUT2D eigenvalue weighted by Crippen LogP contribution is 2.17. The first kappa shape index (κ1) is 20.4. The Kier molecular flexibility index (Phi) is 8.77. The molecule has 0 spiro atoms. The molecule has 0 aromatic heterocycles. The van der Waals surface area contributed by atoms with E-state index in [2.05, 4.69) is 5.32 Å². The average Bonchev–Trinajstić information content (AvgIpc) is 2.53. The van der Waals surface area contributed by atoms with Gasteiger partial charge < -0.3 is 31.3 Å². The van der Waals surface area contributed by atoms with Gasteiger partial charge in [0.05, 0.1) is 0 Å². The molecule has 8 heteroatoms. The third-order valence-electron chi connectivity index (χ3n) is 4.04. The lowest BCUT2D eigenvalue weighted by molar-refractivity contribution is -0.143. The van der Waals surface area contributed by atoms with Gasteiger partial charge in [0, 0.05) is 0 Å². The van der Waals surface area contributed by atoms with Gasteiger partial charge in [-0.05, 0) is 56.4 Å². The number of rotatable bonds is 12. The summed E-state index contributed by atoms with van der Waals surface area (Å²) < 4.78 is 0. The summed E-state index contributed by atoms with van der Waals surface area (Å²) in [4.78, 5) is 11.4. The number of carbonyl (C=O) groups is 1. The molecule has 0 radical (unpaired) electrons. The maximum atomic E-state index is 11.4. The van der Waals surface area contributed by atoms with Crippen LogP contribution in [0.1, 0.15) is 31.2 Å². The number of hydrogen-bond acceptors (Lipinski definition) is 6. The summed E-state index contributed by atoms with van der Waals surface area (Å²) >= 11 is 0. The molecule has 0 aliphatic carbocycles. The summed E-state index contributed by atoms with van der Waals surface area (Å²) in [7, 11) is -1.36. The Morgan fingerprint density at radius 3 is 2.38 bits per heavy atom. The number of aromatic hydroxyl groups is 1. The van der Waals surface area contributed by atoms with Crippen molar-refractivity contribution in [2.24, 2.45) is 5.73 Å². The van der Waals surface area contributed by atoms with Crippen molar-refractivity contribution in [2.75, 3.05) is 13.1 Å². The van der Waals surface area contributed by atoms with Crippen LogP contribution in [0.15, 0.2) is 24.3 Å². The number of nitrogens with two attached hydrogens (primary N) is 1. The van der Waals surface area contributed by atoms with Crippen molar-refractivity contribution in [3.63, 3.8) is 0 Å². The van der Waals surface area contributed by atoms with E-state index in [9.17, 15) is 15.0 Å². The molecular formula is C16H27BN2O5. The van der Waals surface area contributed by atoms with Crippen molar-refractivity contribution in [3.05, 3.63) is 29.8 Å². The number of nitrogens with one attached hydrogen (secondary N) is 1. The van der Waals surface area contributed by atoms with Gasteiger partial charge in [0.15, 0.2) is 0 Å². The van der Waals surface area contributed by atoms with E-state index >= 15 is 0 Å². The number of unbranched alkanes of at least 4 members (excludes halogenated alkanes) is 1. The Balaban J connectivity index is 2.27. The second kappa shape index (κ2) is 10.3. The molecule has 1 aromatic rings. The fourth-order valence-electron chi connectivity index (χ4n) is 2.44. The minimum absolute atomic E-state index is 0.223. The van der Waals surface area contributed by atoms with E-state index in [1.54, 1.807) is 12.1 Å². The highest BCUT2D eigenvalue weighted by atomic mass is 16.4. The Bertz CT molecular complexity index is 498. The highest BCUT2D eigenvalue weighted by Gasteiger charge is 2.32. The van der Waals surface area contributed by atoms with Gasteiger partial charge in [0.2, 0.25) is 0 Å². The lowest BCUT2D eigenvalue weighted by atomic mass is 9.81. The summed E-state index contributed by atoms with van der Waals surface area (Å²) in [5, 5.41) is 39.3. The van der Waals surface area contributed by atoms with Crippen LogP contribution in [0.3, 0.4) is 0 Å². The number of carboxylic acids is 1. The van der Waals surface area contributed by atoms with E-state index in [0.29, 0.717) is 38.8 Å². The van der Waals surface area contributed by atoms with Crippen molar-refractivity contribution in [1.82, 2.24) is 5.32 Å². The fourth-order valence-corrected chi connectivity index (χ4v) is 2.44. The molecule has 24 heavy (non-hydrogen) atoms. The van der Waals surface area contributed by atoms with Gasteiger partial charge in [0.25, 0.3) is 0 Å². The average molecular weight is 338 g/mol. The summed E-state index contributed by atoms with van der Waals surface area (Å²) in [5.74, 6) is -0.804. The van der Waals surface area contributed by atoms with Gasteiger partial charge in [-0.2, -0.15) is 0 Å². The Morgan fingerprint density at radius 1 is 1.12 bits per heavy atom. The van der Waals surface area contributed by atoms with Gasteiger partial charge in [-0.15, -0.1) is 0 Å². The molecule has 1 unspecified atom stereocenters. The van der Waals surface area contributed by atoms with Crippen LogP contribution in [-0.4, -0.2) is 52.0 Å². The molecule has 0 aliphatic heterocycles. The fraction of sp³-hybridized carbons (Fsp3) is 0.562. The summed E-state index contributed by atoms with van der Waals surface area (Å²) in [6, 6.07) is 6.95. The number of benzene rings is 1. The Hall–Kier alpha value is -1.61. The zero-order valence-electron chi connectivity index (χ0n) is 13.8. The van der Waals surface area contributed by atoms with Crippen LogP contribution in [0.5, 0.6) is 5.75 Å². The van der Waals surface area contributed by atoms with Crippen molar-refractivity contribution >= 4 is 13.1 Å². The Labute approximate surface area is 142 Å². The van der Waals surface area contributed by atoms with Crippen LogP contribution in [-0.2, 0) is 11.2 Å². The standard InChI is InChI=1S/C16H27BN2O5/c18-16(15(21)22,8-1-2-10-17(23)24)9-12-19-11-7-13-3-5-14(20)6-4-13/h3-6,19-20,23-24H,1-2,7-12,18H2,(H,21,22). The van der Waals surface area contributed by atoms with Crippen LogP contribution < -0.4 is 11.1 Å². The van der Waals surface area contributed by atoms with Crippen molar-refractivity contribution in [2.45, 2.75) is 44.0 Å². The minimum atomic E-state index is -1.36. The summed E-state index contributed by atoms with van der Waals surface area (Å²) in [6.45, 7) is 1.18. The third-order valence-corrected chi connectivity index (χ3v) is 4.04. The van der Waals surface area contributed by atoms with Crippen LogP contribution >= 0.6 is 0 Å². The molecular weight excluding hydrogens is 311 g/mol. The molecule has 0 saturated carbocycles. The third kappa shape index (κ3) is 7.78. The molecule has 7 nitrogen and oxygen atoms in total. The number of phenolic OH excluding ortho intramolecular Hbond substituents is 1. The SMILES string of the molecule is NC(CCCCB(O)O)(CCNCCc1ccc(O)cc1)C(=O)O. The number of phenols is 1. The molecule has 0 fully saturated rings. The normalized spacial score (nSPS) is 13.5. The summed E-state index contributed by atoms with van der Waals surface area (Å²) in [6.07, 6.45) is 2.67. The molecule has 0 aliphatic rings. The van der Waals surface area contributed by atoms with Crippen LogP contribution in [0.2, 0.25) is 6.32 Å². The first-order chi connectivity index (χ1) is 11.3. The predicted octanol–water partition coefficient (Wildman–Crippen LogP) is 0.340. The van der Waals surface area contributed by atoms with Gasteiger partial charge in [-0.3, -0.25) is 4.79 Å². The quantitative estimate of drug-likeness (QED) is 0.239. The highest BCUT2D eigenvalue weighted by molar-refractivity contribution is 6.40. The van der Waals surface area contributed by atoms with Crippen molar-refractivity contribution in [1.29, 1.82) is 0 Å².